The van der Waals surface area contributed by atoms with Crippen LogP contribution in [0, 0.1) is 0 Å². The van der Waals surface area contributed by atoms with Crippen molar-refractivity contribution in [3.05, 3.63) is 70.6 Å². The average molecular weight is 467 g/mol. The van der Waals surface area contributed by atoms with E-state index in [1.807, 2.05) is 61.5 Å². The van der Waals surface area contributed by atoms with Crippen LogP contribution in [0.4, 0.5) is 10.7 Å². The number of anilines is 2. The monoisotopic (exact) mass is 466 g/mol. The molecule has 1 aliphatic carbocycles. The molecule has 7 heteroatoms. The van der Waals surface area contributed by atoms with E-state index in [1.54, 1.807) is 11.3 Å². The summed E-state index contributed by atoms with van der Waals surface area (Å²) in [5.41, 5.74) is 2.60. The predicted molar refractivity (Wildman–Crippen MR) is 134 cm³/mol. The molecule has 0 radical (unpaired) electrons. The van der Waals surface area contributed by atoms with Crippen molar-refractivity contribution in [2.24, 2.45) is 0 Å². The third-order valence-electron chi connectivity index (χ3n) is 5.22. The SMILES string of the molecule is CCOC(=O)c1c(NC(=S)Nc2ccc(Oc3ccccc3)cc2)sc2c1CCCCC2. The van der Waals surface area contributed by atoms with E-state index in [-0.39, 0.29) is 5.97 Å². The van der Waals surface area contributed by atoms with E-state index in [0.29, 0.717) is 17.3 Å². The lowest BCUT2D eigenvalue weighted by Gasteiger charge is -2.12. The van der Waals surface area contributed by atoms with Gasteiger partial charge in [0.1, 0.15) is 16.5 Å². The minimum absolute atomic E-state index is 0.278. The summed E-state index contributed by atoms with van der Waals surface area (Å²) in [5, 5.41) is 7.62. The number of esters is 1. The summed E-state index contributed by atoms with van der Waals surface area (Å²) in [6.45, 7) is 2.18. The molecule has 0 unspecified atom stereocenters. The zero-order valence-electron chi connectivity index (χ0n) is 18.0. The quantitative estimate of drug-likeness (QED) is 0.237. The summed E-state index contributed by atoms with van der Waals surface area (Å²) >= 11 is 7.15. The van der Waals surface area contributed by atoms with Crippen LogP contribution in [0.15, 0.2) is 54.6 Å². The molecule has 32 heavy (non-hydrogen) atoms. The van der Waals surface area contributed by atoms with Crippen molar-refractivity contribution in [1.29, 1.82) is 0 Å². The van der Waals surface area contributed by atoms with Crippen molar-refractivity contribution < 1.29 is 14.3 Å². The van der Waals surface area contributed by atoms with E-state index < -0.39 is 0 Å². The van der Waals surface area contributed by atoms with Gasteiger partial charge in [0.15, 0.2) is 5.11 Å². The molecule has 166 valence electrons. The number of hydrogen-bond acceptors (Lipinski definition) is 5. The van der Waals surface area contributed by atoms with Gasteiger partial charge in [-0.05, 0) is 86.8 Å². The summed E-state index contributed by atoms with van der Waals surface area (Å²) in [4.78, 5) is 14.0. The van der Waals surface area contributed by atoms with Crippen molar-refractivity contribution in [2.75, 3.05) is 17.2 Å². The van der Waals surface area contributed by atoms with Crippen molar-refractivity contribution >= 4 is 45.3 Å². The fraction of sp³-hybridized carbons (Fsp3) is 0.280. The van der Waals surface area contributed by atoms with Crippen LogP contribution in [0.2, 0.25) is 0 Å². The lowest BCUT2D eigenvalue weighted by Crippen LogP contribution is -2.20. The van der Waals surface area contributed by atoms with Gasteiger partial charge in [-0.2, -0.15) is 0 Å². The van der Waals surface area contributed by atoms with Crippen LogP contribution in [-0.2, 0) is 17.6 Å². The number of benzene rings is 2. The lowest BCUT2D eigenvalue weighted by molar-refractivity contribution is 0.0527. The average Bonchev–Trinajstić information content (AvgIpc) is 2.96. The smallest absolute Gasteiger partial charge is 0.341 e. The zero-order chi connectivity index (χ0) is 22.3. The predicted octanol–water partition coefficient (Wildman–Crippen LogP) is 6.79. The molecule has 1 heterocycles. The highest BCUT2D eigenvalue weighted by atomic mass is 32.1. The Bertz CT molecular complexity index is 1080. The van der Waals surface area contributed by atoms with Gasteiger partial charge in [0, 0.05) is 10.6 Å². The normalized spacial score (nSPS) is 12.9. The lowest BCUT2D eigenvalue weighted by atomic mass is 10.1. The Morgan fingerprint density at radius 1 is 0.969 bits per heavy atom. The van der Waals surface area contributed by atoms with Gasteiger partial charge < -0.3 is 20.1 Å². The topological polar surface area (TPSA) is 59.6 Å². The summed E-state index contributed by atoms with van der Waals surface area (Å²) in [5.74, 6) is 1.25. The molecule has 2 aromatic carbocycles. The molecule has 0 atom stereocenters. The third-order valence-corrected chi connectivity index (χ3v) is 6.63. The van der Waals surface area contributed by atoms with E-state index in [1.165, 1.54) is 11.3 Å². The number of ether oxygens (including phenoxy) is 2. The van der Waals surface area contributed by atoms with Crippen LogP contribution < -0.4 is 15.4 Å². The zero-order valence-corrected chi connectivity index (χ0v) is 19.6. The maximum atomic E-state index is 12.7. The maximum Gasteiger partial charge on any atom is 0.341 e. The number of hydrogen-bond donors (Lipinski definition) is 2. The third kappa shape index (κ3) is 5.47. The molecule has 0 amide bonds. The maximum absolute atomic E-state index is 12.7. The van der Waals surface area contributed by atoms with Crippen molar-refractivity contribution in [3.63, 3.8) is 0 Å². The Kier molecular flexibility index (Phi) is 7.39. The van der Waals surface area contributed by atoms with E-state index in [0.717, 1.165) is 53.4 Å². The number of carbonyl (C=O) groups is 1. The standard InChI is InChI=1S/C25H26N2O3S2/c1-2-29-24(28)22-20-11-7-4-8-12-21(20)32-23(22)27-25(31)26-17-13-15-19(16-14-17)30-18-9-5-3-6-10-18/h3,5-6,9-10,13-16H,2,4,7-8,11-12H2,1H3,(H2,26,27,31). The fourth-order valence-electron chi connectivity index (χ4n) is 3.75. The highest BCUT2D eigenvalue weighted by Crippen LogP contribution is 2.38. The van der Waals surface area contributed by atoms with Crippen LogP contribution in [0.1, 0.15) is 47.0 Å². The second-order valence-corrected chi connectivity index (χ2v) is 9.02. The Hall–Kier alpha value is -2.90. The number of fused-ring (bicyclic) bond motifs is 1. The highest BCUT2D eigenvalue weighted by molar-refractivity contribution is 7.80. The van der Waals surface area contributed by atoms with Crippen molar-refractivity contribution in [3.8, 4) is 11.5 Å². The molecule has 0 bridgehead atoms. The molecule has 0 aliphatic heterocycles. The van der Waals surface area contributed by atoms with Gasteiger partial charge in [0.25, 0.3) is 0 Å². The fourth-order valence-corrected chi connectivity index (χ4v) is 5.31. The van der Waals surface area contributed by atoms with Gasteiger partial charge in [-0.25, -0.2) is 4.79 Å². The van der Waals surface area contributed by atoms with E-state index in [9.17, 15) is 4.79 Å². The van der Waals surface area contributed by atoms with Crippen LogP contribution in [0.5, 0.6) is 11.5 Å². The molecule has 0 spiro atoms. The van der Waals surface area contributed by atoms with Gasteiger partial charge in [-0.15, -0.1) is 11.3 Å². The van der Waals surface area contributed by atoms with Gasteiger partial charge in [-0.3, -0.25) is 0 Å². The molecule has 2 N–H and O–H groups in total. The van der Waals surface area contributed by atoms with Crippen molar-refractivity contribution in [1.82, 2.24) is 0 Å². The highest BCUT2D eigenvalue weighted by Gasteiger charge is 2.26. The molecule has 0 saturated carbocycles. The molecule has 1 aromatic heterocycles. The number of thiocarbonyl (C=S) groups is 1. The first kappa shape index (κ1) is 22.3. The number of thiophene rings is 1. The van der Waals surface area contributed by atoms with Gasteiger partial charge in [0.05, 0.1) is 12.2 Å². The first-order chi connectivity index (χ1) is 15.6. The molecule has 1 aliphatic rings. The van der Waals surface area contributed by atoms with Crippen LogP contribution in [0.3, 0.4) is 0 Å². The Balaban J connectivity index is 1.45. The Morgan fingerprint density at radius 2 is 1.69 bits per heavy atom. The van der Waals surface area contributed by atoms with E-state index in [4.69, 9.17) is 21.7 Å². The van der Waals surface area contributed by atoms with Gasteiger partial charge in [0.2, 0.25) is 0 Å². The summed E-state index contributed by atoms with van der Waals surface area (Å²) in [7, 11) is 0. The van der Waals surface area contributed by atoms with Crippen LogP contribution in [0.25, 0.3) is 0 Å². The summed E-state index contributed by atoms with van der Waals surface area (Å²) in [6.07, 6.45) is 5.34. The van der Waals surface area contributed by atoms with Gasteiger partial charge >= 0.3 is 5.97 Å². The molecular weight excluding hydrogens is 440 g/mol. The summed E-state index contributed by atoms with van der Waals surface area (Å²) in [6, 6.07) is 17.2. The van der Waals surface area contributed by atoms with E-state index >= 15 is 0 Å². The first-order valence-electron chi connectivity index (χ1n) is 10.9. The van der Waals surface area contributed by atoms with Crippen LogP contribution >= 0.6 is 23.6 Å². The molecule has 3 aromatic rings. The number of carbonyl (C=O) groups excluding carboxylic acids is 1. The molecule has 5 nitrogen and oxygen atoms in total. The molecular formula is C25H26N2O3S2. The molecule has 0 fully saturated rings. The Morgan fingerprint density at radius 3 is 2.44 bits per heavy atom. The minimum Gasteiger partial charge on any atom is -0.462 e. The number of aryl methyl sites for hydroxylation is 1. The minimum atomic E-state index is -0.278. The van der Waals surface area contributed by atoms with Crippen LogP contribution in [-0.4, -0.2) is 17.7 Å². The molecule has 4 rings (SSSR count). The first-order valence-corrected chi connectivity index (χ1v) is 12.1. The van der Waals surface area contributed by atoms with Crippen molar-refractivity contribution in [2.45, 2.75) is 39.0 Å². The number of para-hydroxylation sites is 1. The summed E-state index contributed by atoms with van der Waals surface area (Å²) < 4.78 is 11.2. The Labute approximate surface area is 197 Å². The second kappa shape index (κ2) is 10.6. The van der Waals surface area contributed by atoms with E-state index in [2.05, 4.69) is 10.6 Å². The number of rotatable bonds is 6. The second-order valence-electron chi connectivity index (χ2n) is 7.51. The largest absolute Gasteiger partial charge is 0.462 e. The molecule has 0 saturated heterocycles. The number of nitrogens with one attached hydrogen (secondary N) is 2. The van der Waals surface area contributed by atoms with Gasteiger partial charge in [-0.1, -0.05) is 24.6 Å².